The Morgan fingerprint density at radius 2 is 1.91 bits per heavy atom. The average Bonchev–Trinajstić information content (AvgIpc) is 2.84. The fraction of sp³-hybridized carbons (Fsp3) is 0.818. The number of allylic oxidation sites excluding steroid dienone is 4. The van der Waals surface area contributed by atoms with Crippen molar-refractivity contribution in [1.29, 1.82) is 0 Å². The summed E-state index contributed by atoms with van der Waals surface area (Å²) in [5.74, 6) is 3.79. The highest BCUT2D eigenvalue weighted by molar-refractivity contribution is 5.34. The molecule has 0 aromatic heterocycles. The predicted octanol–water partition coefficient (Wildman–Crippen LogP) is 6.53. The van der Waals surface area contributed by atoms with Gasteiger partial charge in [0.05, 0.1) is 0 Å². The molecule has 4 rings (SSSR count). The van der Waals surface area contributed by atoms with E-state index in [-0.39, 0.29) is 0 Å². The van der Waals surface area contributed by atoms with Gasteiger partial charge in [-0.15, -0.1) is 0 Å². The van der Waals surface area contributed by atoms with Crippen LogP contribution in [0.15, 0.2) is 23.3 Å². The largest absolute Gasteiger partial charge is 0.0879 e. The van der Waals surface area contributed by atoms with Gasteiger partial charge in [-0.05, 0) is 92.8 Å². The van der Waals surface area contributed by atoms with Crippen molar-refractivity contribution in [3.05, 3.63) is 23.3 Å². The lowest BCUT2D eigenvalue weighted by Gasteiger charge is -2.56. The van der Waals surface area contributed by atoms with Crippen molar-refractivity contribution in [1.82, 2.24) is 0 Å². The van der Waals surface area contributed by atoms with E-state index in [1.54, 1.807) is 5.57 Å². The monoisotopic (exact) mass is 298 g/mol. The van der Waals surface area contributed by atoms with E-state index in [1.165, 1.54) is 51.4 Å². The predicted molar refractivity (Wildman–Crippen MR) is 94.6 cm³/mol. The Kier molecular flexibility index (Phi) is 3.41. The molecular weight excluding hydrogens is 264 g/mol. The summed E-state index contributed by atoms with van der Waals surface area (Å²) in [5, 5.41) is 0. The molecule has 0 unspecified atom stereocenters. The van der Waals surface area contributed by atoms with Crippen LogP contribution in [0, 0.1) is 34.5 Å². The van der Waals surface area contributed by atoms with E-state index in [0.29, 0.717) is 10.8 Å². The third-order valence-electron chi connectivity index (χ3n) is 8.49. The lowest BCUT2D eigenvalue weighted by Crippen LogP contribution is -2.46. The SMILES string of the molecule is C/C=C1/CC[C@H]2[C@@H]3CC[C@@H]4C[C@H](C)CC[C@]4(C)C3=CC[C@]12C. The van der Waals surface area contributed by atoms with Gasteiger partial charge in [0, 0.05) is 0 Å². The molecule has 0 N–H and O–H groups in total. The topological polar surface area (TPSA) is 0 Å². The third kappa shape index (κ3) is 1.88. The highest BCUT2D eigenvalue weighted by atomic mass is 14.6. The minimum Gasteiger partial charge on any atom is -0.0879 e. The second kappa shape index (κ2) is 4.99. The maximum absolute atomic E-state index is 2.73. The van der Waals surface area contributed by atoms with Gasteiger partial charge in [-0.3, -0.25) is 0 Å². The van der Waals surface area contributed by atoms with Crippen molar-refractivity contribution in [3.63, 3.8) is 0 Å². The second-order valence-corrected chi connectivity index (χ2v) is 9.42. The quantitative estimate of drug-likeness (QED) is 0.446. The van der Waals surface area contributed by atoms with Crippen LogP contribution in [0.4, 0.5) is 0 Å². The lowest BCUT2D eigenvalue weighted by atomic mass is 9.48. The van der Waals surface area contributed by atoms with E-state index in [1.807, 2.05) is 5.57 Å². The minimum atomic E-state index is 0.494. The molecule has 0 saturated heterocycles. The maximum atomic E-state index is 2.73. The summed E-state index contributed by atoms with van der Waals surface area (Å²) in [6.45, 7) is 9.95. The van der Waals surface area contributed by atoms with Gasteiger partial charge in [0.15, 0.2) is 0 Å². The first kappa shape index (κ1) is 15.0. The standard InChI is InChI=1S/C22H34/c1-5-16-7-9-19-18-8-6-17-14-15(2)10-12-22(17,4)20(18)11-13-21(16,19)3/h5,11,15,17-19H,6-10,12-14H2,1-4H3/b16-5-/t15-,17-,18+,19+,21-,22+/m1/s1. The summed E-state index contributed by atoms with van der Waals surface area (Å²) >= 11 is 0. The van der Waals surface area contributed by atoms with Crippen LogP contribution in [-0.2, 0) is 0 Å². The number of hydrogen-bond acceptors (Lipinski definition) is 0. The fourth-order valence-corrected chi connectivity index (χ4v) is 7.07. The van der Waals surface area contributed by atoms with Crippen LogP contribution in [0.5, 0.6) is 0 Å². The van der Waals surface area contributed by atoms with Gasteiger partial charge in [-0.25, -0.2) is 0 Å². The van der Waals surface area contributed by atoms with Crippen LogP contribution in [0.25, 0.3) is 0 Å². The summed E-state index contributed by atoms with van der Waals surface area (Å²) in [6.07, 6.45) is 16.7. The summed E-state index contributed by atoms with van der Waals surface area (Å²) in [4.78, 5) is 0. The van der Waals surface area contributed by atoms with Crippen molar-refractivity contribution in [3.8, 4) is 0 Å². The van der Waals surface area contributed by atoms with Crippen LogP contribution >= 0.6 is 0 Å². The molecule has 0 bridgehead atoms. The molecule has 0 aromatic carbocycles. The zero-order valence-corrected chi connectivity index (χ0v) is 15.1. The Hall–Kier alpha value is -0.520. The van der Waals surface area contributed by atoms with Crippen LogP contribution < -0.4 is 0 Å². The van der Waals surface area contributed by atoms with E-state index in [4.69, 9.17) is 0 Å². The smallest absolute Gasteiger partial charge is 0.00479 e. The Bertz CT molecular complexity index is 524. The Labute approximate surface area is 137 Å². The molecule has 3 saturated carbocycles. The fourth-order valence-electron chi connectivity index (χ4n) is 7.07. The van der Waals surface area contributed by atoms with Gasteiger partial charge in [-0.2, -0.15) is 0 Å². The molecule has 0 spiro atoms. The number of fused-ring (bicyclic) bond motifs is 5. The normalized spacial score (nSPS) is 52.7. The van der Waals surface area contributed by atoms with Gasteiger partial charge in [0.1, 0.15) is 0 Å². The first-order valence-electron chi connectivity index (χ1n) is 9.85. The van der Waals surface area contributed by atoms with Gasteiger partial charge in [0.2, 0.25) is 0 Å². The maximum Gasteiger partial charge on any atom is -0.00479 e. The molecule has 3 fully saturated rings. The molecule has 0 aromatic rings. The molecule has 6 atom stereocenters. The Balaban J connectivity index is 1.71. The van der Waals surface area contributed by atoms with Gasteiger partial charge in [0.25, 0.3) is 0 Å². The zero-order chi connectivity index (χ0) is 15.5. The van der Waals surface area contributed by atoms with E-state index in [9.17, 15) is 0 Å². The zero-order valence-electron chi connectivity index (χ0n) is 15.1. The molecule has 0 amide bonds. The van der Waals surface area contributed by atoms with E-state index >= 15 is 0 Å². The van der Waals surface area contributed by atoms with E-state index < -0.39 is 0 Å². The molecular formula is C22H34. The molecule has 0 heterocycles. The van der Waals surface area contributed by atoms with Crippen molar-refractivity contribution in [2.24, 2.45) is 34.5 Å². The summed E-state index contributed by atoms with van der Waals surface area (Å²) in [7, 11) is 0. The van der Waals surface area contributed by atoms with Crippen molar-refractivity contribution >= 4 is 0 Å². The van der Waals surface area contributed by atoms with E-state index in [0.717, 1.165) is 23.7 Å². The first-order chi connectivity index (χ1) is 10.5. The highest BCUT2D eigenvalue weighted by Crippen LogP contribution is 2.65. The number of rotatable bonds is 0. The van der Waals surface area contributed by atoms with Crippen LogP contribution in [0.3, 0.4) is 0 Å². The molecule has 0 aliphatic heterocycles. The molecule has 4 aliphatic rings. The Morgan fingerprint density at radius 1 is 1.09 bits per heavy atom. The van der Waals surface area contributed by atoms with Crippen molar-refractivity contribution < 1.29 is 0 Å². The van der Waals surface area contributed by atoms with Crippen LogP contribution in [-0.4, -0.2) is 0 Å². The summed E-state index contributed by atoms with van der Waals surface area (Å²) < 4.78 is 0. The van der Waals surface area contributed by atoms with Gasteiger partial charge < -0.3 is 0 Å². The summed E-state index contributed by atoms with van der Waals surface area (Å²) in [5.41, 5.74) is 4.72. The average molecular weight is 299 g/mol. The first-order valence-corrected chi connectivity index (χ1v) is 9.85. The highest BCUT2D eigenvalue weighted by Gasteiger charge is 2.55. The minimum absolute atomic E-state index is 0.494. The molecule has 0 radical (unpaired) electrons. The summed E-state index contributed by atoms with van der Waals surface area (Å²) in [6, 6.07) is 0. The van der Waals surface area contributed by atoms with Gasteiger partial charge in [-0.1, -0.05) is 44.1 Å². The molecule has 22 heavy (non-hydrogen) atoms. The molecule has 0 nitrogen and oxygen atoms in total. The third-order valence-corrected chi connectivity index (χ3v) is 8.49. The second-order valence-electron chi connectivity index (χ2n) is 9.42. The van der Waals surface area contributed by atoms with Gasteiger partial charge >= 0.3 is 0 Å². The molecule has 0 heteroatoms. The van der Waals surface area contributed by atoms with Crippen molar-refractivity contribution in [2.75, 3.05) is 0 Å². The molecule has 122 valence electrons. The number of hydrogen-bond donors (Lipinski definition) is 0. The van der Waals surface area contributed by atoms with E-state index in [2.05, 4.69) is 39.8 Å². The Morgan fingerprint density at radius 3 is 2.68 bits per heavy atom. The lowest BCUT2D eigenvalue weighted by molar-refractivity contribution is 0.0352. The van der Waals surface area contributed by atoms with Crippen LogP contribution in [0.2, 0.25) is 0 Å². The molecule has 4 aliphatic carbocycles. The van der Waals surface area contributed by atoms with Crippen molar-refractivity contribution in [2.45, 2.75) is 79.1 Å². The van der Waals surface area contributed by atoms with Crippen LogP contribution in [0.1, 0.15) is 79.1 Å².